The SMILES string of the molecule is CC(C)Oc1ccc(C(=O)N[C@H](CCO)Cc2ccc(-c3cn4c(n3)C(C)(C)OCC4)cc2)cc1Cl. The van der Waals surface area contributed by atoms with Gasteiger partial charge in [-0.15, -0.1) is 0 Å². The number of benzene rings is 2. The second kappa shape index (κ2) is 11.0. The zero-order chi connectivity index (χ0) is 25.9. The summed E-state index contributed by atoms with van der Waals surface area (Å²) < 4.78 is 13.7. The van der Waals surface area contributed by atoms with Gasteiger partial charge in [0.1, 0.15) is 17.2 Å². The van der Waals surface area contributed by atoms with Gasteiger partial charge in [0.2, 0.25) is 0 Å². The number of carbonyl (C=O) groups excluding carboxylic acids is 1. The number of imidazole rings is 1. The summed E-state index contributed by atoms with van der Waals surface area (Å²) in [6.45, 7) is 9.36. The fraction of sp³-hybridized carbons (Fsp3) is 0.429. The van der Waals surface area contributed by atoms with Gasteiger partial charge in [-0.05, 0) is 64.3 Å². The fourth-order valence-electron chi connectivity index (χ4n) is 4.41. The van der Waals surface area contributed by atoms with Crippen LogP contribution in [-0.4, -0.2) is 45.9 Å². The molecule has 0 saturated heterocycles. The van der Waals surface area contributed by atoms with Crippen LogP contribution in [0.5, 0.6) is 5.75 Å². The second-order valence-corrected chi connectivity index (χ2v) is 10.3. The van der Waals surface area contributed by atoms with Crippen molar-refractivity contribution in [2.75, 3.05) is 13.2 Å². The first-order valence-corrected chi connectivity index (χ1v) is 12.7. The number of aliphatic hydroxyl groups is 1. The van der Waals surface area contributed by atoms with Crippen LogP contribution in [0, 0.1) is 0 Å². The van der Waals surface area contributed by atoms with Gasteiger partial charge < -0.3 is 24.5 Å². The van der Waals surface area contributed by atoms with E-state index in [9.17, 15) is 9.90 Å². The van der Waals surface area contributed by atoms with Crippen LogP contribution in [0.2, 0.25) is 5.02 Å². The van der Waals surface area contributed by atoms with Crippen LogP contribution < -0.4 is 10.1 Å². The monoisotopic (exact) mass is 511 g/mol. The lowest BCUT2D eigenvalue weighted by atomic mass is 10.0. The van der Waals surface area contributed by atoms with Crippen molar-refractivity contribution in [1.82, 2.24) is 14.9 Å². The summed E-state index contributed by atoms with van der Waals surface area (Å²) in [4.78, 5) is 17.7. The Kier molecular flexibility index (Phi) is 8.03. The van der Waals surface area contributed by atoms with Gasteiger partial charge in [0.25, 0.3) is 5.91 Å². The van der Waals surface area contributed by atoms with Crippen molar-refractivity contribution >= 4 is 17.5 Å². The highest BCUT2D eigenvalue weighted by Crippen LogP contribution is 2.31. The smallest absolute Gasteiger partial charge is 0.251 e. The number of halogens is 1. The Morgan fingerprint density at radius 2 is 2.00 bits per heavy atom. The first-order chi connectivity index (χ1) is 17.2. The molecule has 8 heteroatoms. The van der Waals surface area contributed by atoms with E-state index >= 15 is 0 Å². The molecule has 0 radical (unpaired) electrons. The Morgan fingerprint density at radius 1 is 1.25 bits per heavy atom. The van der Waals surface area contributed by atoms with Crippen molar-refractivity contribution in [2.45, 2.75) is 64.8 Å². The molecule has 0 saturated carbocycles. The van der Waals surface area contributed by atoms with Gasteiger partial charge >= 0.3 is 0 Å². The molecule has 1 aromatic heterocycles. The Morgan fingerprint density at radius 3 is 2.64 bits per heavy atom. The maximum atomic E-state index is 12.9. The minimum absolute atomic E-state index is 0.0117. The number of amides is 1. The summed E-state index contributed by atoms with van der Waals surface area (Å²) in [6.07, 6.45) is 3.10. The van der Waals surface area contributed by atoms with Crippen molar-refractivity contribution in [1.29, 1.82) is 0 Å². The number of aliphatic hydroxyl groups excluding tert-OH is 1. The van der Waals surface area contributed by atoms with Crippen LogP contribution >= 0.6 is 11.6 Å². The third-order valence-electron chi connectivity index (χ3n) is 6.21. The number of hydrogen-bond acceptors (Lipinski definition) is 5. The molecule has 36 heavy (non-hydrogen) atoms. The van der Waals surface area contributed by atoms with Gasteiger partial charge in [0.15, 0.2) is 0 Å². The first kappa shape index (κ1) is 26.2. The third-order valence-corrected chi connectivity index (χ3v) is 6.51. The van der Waals surface area contributed by atoms with Gasteiger partial charge in [-0.1, -0.05) is 35.9 Å². The topological polar surface area (TPSA) is 85.6 Å². The summed E-state index contributed by atoms with van der Waals surface area (Å²) in [5, 5.41) is 13.0. The van der Waals surface area contributed by atoms with E-state index < -0.39 is 5.60 Å². The molecule has 2 heterocycles. The maximum absolute atomic E-state index is 12.9. The zero-order valence-corrected chi connectivity index (χ0v) is 22.0. The number of fused-ring (bicyclic) bond motifs is 1. The number of hydrogen-bond donors (Lipinski definition) is 2. The third kappa shape index (κ3) is 6.09. The van der Waals surface area contributed by atoms with E-state index in [0.29, 0.717) is 35.8 Å². The molecule has 0 bridgehead atoms. The average Bonchev–Trinajstić information content (AvgIpc) is 3.27. The van der Waals surface area contributed by atoms with Gasteiger partial charge in [-0.2, -0.15) is 0 Å². The summed E-state index contributed by atoms with van der Waals surface area (Å²) in [7, 11) is 0. The molecule has 1 atom stereocenters. The number of nitrogens with zero attached hydrogens (tertiary/aromatic N) is 2. The summed E-state index contributed by atoms with van der Waals surface area (Å²) >= 11 is 6.30. The van der Waals surface area contributed by atoms with Gasteiger partial charge in [-0.3, -0.25) is 4.79 Å². The Hall–Kier alpha value is -2.87. The van der Waals surface area contributed by atoms with E-state index in [0.717, 1.165) is 29.2 Å². The highest BCUT2D eigenvalue weighted by molar-refractivity contribution is 6.32. The second-order valence-electron chi connectivity index (χ2n) is 9.90. The van der Waals surface area contributed by atoms with Crippen molar-refractivity contribution in [3.8, 4) is 17.0 Å². The lowest BCUT2D eigenvalue weighted by Crippen LogP contribution is -2.37. The van der Waals surface area contributed by atoms with E-state index in [-0.39, 0.29) is 24.7 Å². The summed E-state index contributed by atoms with van der Waals surface area (Å²) in [5.74, 6) is 1.24. The van der Waals surface area contributed by atoms with Crippen molar-refractivity contribution in [2.24, 2.45) is 0 Å². The summed E-state index contributed by atoms with van der Waals surface area (Å²) in [5.41, 5.74) is 3.04. The predicted octanol–water partition coefficient (Wildman–Crippen LogP) is 4.98. The van der Waals surface area contributed by atoms with E-state index in [4.69, 9.17) is 26.1 Å². The van der Waals surface area contributed by atoms with Gasteiger partial charge in [-0.25, -0.2) is 4.98 Å². The molecule has 3 aromatic rings. The number of nitrogens with one attached hydrogen (secondary N) is 1. The highest BCUT2D eigenvalue weighted by Gasteiger charge is 2.31. The minimum Gasteiger partial charge on any atom is -0.489 e. The molecule has 4 rings (SSSR count). The molecule has 1 aliphatic heterocycles. The largest absolute Gasteiger partial charge is 0.489 e. The van der Waals surface area contributed by atoms with Gasteiger partial charge in [0.05, 0.1) is 23.4 Å². The number of aromatic nitrogens is 2. The maximum Gasteiger partial charge on any atom is 0.251 e. The van der Waals surface area contributed by atoms with E-state index in [1.165, 1.54) is 0 Å². The van der Waals surface area contributed by atoms with Crippen LogP contribution in [0.4, 0.5) is 0 Å². The Labute approximate surface area is 217 Å². The molecule has 7 nitrogen and oxygen atoms in total. The zero-order valence-electron chi connectivity index (χ0n) is 21.3. The van der Waals surface area contributed by atoms with Crippen LogP contribution in [0.1, 0.15) is 55.9 Å². The molecule has 0 aliphatic carbocycles. The fourth-order valence-corrected chi connectivity index (χ4v) is 4.63. The Balaban J connectivity index is 1.43. The number of rotatable bonds is 9. The predicted molar refractivity (Wildman–Crippen MR) is 141 cm³/mol. The van der Waals surface area contributed by atoms with Crippen molar-refractivity contribution in [3.05, 3.63) is 70.6 Å². The van der Waals surface area contributed by atoms with Crippen LogP contribution in [0.15, 0.2) is 48.7 Å². The van der Waals surface area contributed by atoms with E-state index in [1.807, 2.05) is 52.0 Å². The first-order valence-electron chi connectivity index (χ1n) is 12.3. The van der Waals surface area contributed by atoms with Crippen LogP contribution in [0.3, 0.4) is 0 Å². The van der Waals surface area contributed by atoms with Crippen LogP contribution in [0.25, 0.3) is 11.3 Å². The quantitative estimate of drug-likeness (QED) is 0.423. The van der Waals surface area contributed by atoms with Crippen molar-refractivity contribution < 1.29 is 19.4 Å². The highest BCUT2D eigenvalue weighted by atomic mass is 35.5. The van der Waals surface area contributed by atoms with Crippen LogP contribution in [-0.2, 0) is 23.3 Å². The molecule has 1 aliphatic rings. The van der Waals surface area contributed by atoms with E-state index in [2.05, 4.69) is 16.1 Å². The molecule has 0 unspecified atom stereocenters. The number of ether oxygens (including phenoxy) is 2. The standard InChI is InChI=1S/C28H34ClN3O4/c1-18(2)36-25-10-9-21(16-23(25)29)26(34)30-22(11-13-33)15-19-5-7-20(8-6-19)24-17-32-12-14-35-28(3,4)27(32)31-24/h5-10,16-18,22,33H,11-15H2,1-4H3,(H,30,34)/t22-/m1/s1. The molecular weight excluding hydrogens is 478 g/mol. The van der Waals surface area contributed by atoms with Gasteiger partial charge in [0, 0.05) is 36.5 Å². The molecule has 0 spiro atoms. The minimum atomic E-state index is -0.405. The summed E-state index contributed by atoms with van der Waals surface area (Å²) in [6, 6.07) is 13.0. The molecule has 1 amide bonds. The average molecular weight is 512 g/mol. The molecular formula is C28H34ClN3O4. The lowest BCUT2D eigenvalue weighted by molar-refractivity contribution is -0.0538. The molecule has 192 valence electrons. The van der Waals surface area contributed by atoms with E-state index in [1.54, 1.807) is 18.2 Å². The molecule has 0 fully saturated rings. The van der Waals surface area contributed by atoms with Crippen molar-refractivity contribution in [3.63, 3.8) is 0 Å². The molecule has 2 N–H and O–H groups in total. The number of carbonyl (C=O) groups is 1. The normalized spacial score (nSPS) is 15.4. The Bertz CT molecular complexity index is 1200. The lowest BCUT2D eigenvalue weighted by Gasteiger charge is -2.30. The molecule has 2 aromatic carbocycles.